The van der Waals surface area contributed by atoms with Gasteiger partial charge in [0.05, 0.1) is 25.2 Å². The van der Waals surface area contributed by atoms with Gasteiger partial charge in [0.1, 0.15) is 6.10 Å². The molecule has 0 radical (unpaired) electrons. The zero-order valence-corrected chi connectivity index (χ0v) is 43.1. The molecule has 0 aliphatic carbocycles. The molecule has 3 unspecified atom stereocenters. The first-order valence-corrected chi connectivity index (χ1v) is 28.0. The van der Waals surface area contributed by atoms with Gasteiger partial charge in [0.25, 0.3) is 0 Å². The molecule has 0 aromatic rings. The number of rotatable bonds is 50. The number of amides is 1. The molecule has 0 aromatic carbocycles. The first-order valence-electron chi connectivity index (χ1n) is 28.0. The molecule has 0 aromatic heterocycles. The van der Waals surface area contributed by atoms with Crippen molar-refractivity contribution in [3.8, 4) is 0 Å². The molecule has 3 atom stereocenters. The molecule has 0 fully saturated rings. The van der Waals surface area contributed by atoms with Crippen LogP contribution in [-0.2, 0) is 14.3 Å². The summed E-state index contributed by atoms with van der Waals surface area (Å²) in [6, 6.07) is -0.712. The van der Waals surface area contributed by atoms with Crippen LogP contribution in [0.15, 0.2) is 60.8 Å². The Bertz CT molecular complexity index is 1160. The molecule has 0 saturated carbocycles. The molecule has 65 heavy (non-hydrogen) atoms. The highest BCUT2D eigenvalue weighted by Crippen LogP contribution is 2.18. The first-order chi connectivity index (χ1) is 32.0. The molecule has 0 heterocycles. The molecular formula is C59H107NO5. The van der Waals surface area contributed by atoms with E-state index in [0.717, 1.165) is 89.9 Å². The molecule has 3 N–H and O–H groups in total. The minimum atomic E-state index is -0.797. The Hall–Kier alpha value is -2.44. The predicted octanol–water partition coefficient (Wildman–Crippen LogP) is 17.2. The third kappa shape index (κ3) is 47.8. The van der Waals surface area contributed by atoms with Crippen molar-refractivity contribution >= 4 is 11.9 Å². The number of hydrogen-bond donors (Lipinski definition) is 3. The van der Waals surface area contributed by atoms with E-state index < -0.39 is 18.2 Å². The molecular weight excluding hydrogens is 803 g/mol. The number of aliphatic hydroxyl groups is 2. The molecule has 0 aliphatic rings. The Labute approximate surface area is 403 Å². The largest absolute Gasteiger partial charge is 0.462 e. The summed E-state index contributed by atoms with van der Waals surface area (Å²) >= 11 is 0. The van der Waals surface area contributed by atoms with Crippen molar-refractivity contribution in [3.63, 3.8) is 0 Å². The van der Waals surface area contributed by atoms with E-state index in [1.54, 1.807) is 0 Å². The molecule has 0 spiro atoms. The first kappa shape index (κ1) is 62.6. The highest BCUT2D eigenvalue weighted by atomic mass is 16.5. The number of carbonyl (C=O) groups is 2. The van der Waals surface area contributed by atoms with Crippen molar-refractivity contribution in [2.45, 2.75) is 296 Å². The van der Waals surface area contributed by atoms with Gasteiger partial charge in [-0.1, -0.05) is 229 Å². The monoisotopic (exact) mass is 910 g/mol. The van der Waals surface area contributed by atoms with Crippen molar-refractivity contribution in [2.24, 2.45) is 0 Å². The third-order valence-corrected chi connectivity index (χ3v) is 12.6. The lowest BCUT2D eigenvalue weighted by molar-refractivity contribution is -0.151. The van der Waals surface area contributed by atoms with E-state index >= 15 is 0 Å². The highest BCUT2D eigenvalue weighted by Gasteiger charge is 2.24. The van der Waals surface area contributed by atoms with Crippen molar-refractivity contribution in [2.75, 3.05) is 6.61 Å². The standard InChI is InChI=1S/C59H107NO5/c1-4-7-10-13-16-19-22-25-27-28-29-30-32-34-37-40-43-46-49-52-59(64)65-55(50-47-44-41-38-35-33-31-26-23-20-17-14-11-8-5-2)53-58(63)60-56(54-61)57(62)51-48-45-42-39-36-24-21-18-15-12-9-6-3/h16,19,25-27,29-31,34,37,55-57,61-62H,4-15,17-18,20-24,28,32-33,35-36,38-54H2,1-3H3,(H,60,63)/b19-16-,27-25-,30-29-,31-26+,37-34-. The fourth-order valence-electron chi connectivity index (χ4n) is 8.29. The van der Waals surface area contributed by atoms with Gasteiger partial charge in [-0.25, -0.2) is 0 Å². The van der Waals surface area contributed by atoms with Crippen molar-refractivity contribution in [1.29, 1.82) is 0 Å². The normalized spacial score (nSPS) is 13.6. The van der Waals surface area contributed by atoms with E-state index in [0.29, 0.717) is 19.3 Å². The maximum atomic E-state index is 13.2. The Morgan fingerprint density at radius 2 is 0.785 bits per heavy atom. The van der Waals surface area contributed by atoms with E-state index in [1.807, 2.05) is 0 Å². The number of esters is 1. The van der Waals surface area contributed by atoms with Crippen LogP contribution in [0, 0.1) is 0 Å². The van der Waals surface area contributed by atoms with Crippen LogP contribution in [-0.4, -0.2) is 46.9 Å². The summed E-state index contributed by atoms with van der Waals surface area (Å²) in [5.74, 6) is -0.513. The summed E-state index contributed by atoms with van der Waals surface area (Å²) < 4.78 is 5.94. The Balaban J connectivity index is 4.63. The number of aliphatic hydroxyl groups excluding tert-OH is 2. The van der Waals surface area contributed by atoms with E-state index in [9.17, 15) is 19.8 Å². The van der Waals surface area contributed by atoms with Gasteiger partial charge in [0.15, 0.2) is 0 Å². The van der Waals surface area contributed by atoms with Crippen LogP contribution in [0.1, 0.15) is 278 Å². The number of unbranched alkanes of at least 4 members (excludes halogenated alkanes) is 28. The second-order valence-corrected chi connectivity index (χ2v) is 19.0. The molecule has 378 valence electrons. The van der Waals surface area contributed by atoms with Gasteiger partial charge in [-0.15, -0.1) is 0 Å². The molecule has 1 amide bonds. The highest BCUT2D eigenvalue weighted by molar-refractivity contribution is 5.77. The Kier molecular flexibility index (Phi) is 50.6. The van der Waals surface area contributed by atoms with E-state index in [4.69, 9.17) is 4.74 Å². The second-order valence-electron chi connectivity index (χ2n) is 19.0. The number of ether oxygens (including phenoxy) is 1. The van der Waals surface area contributed by atoms with Gasteiger partial charge in [-0.3, -0.25) is 9.59 Å². The van der Waals surface area contributed by atoms with Crippen LogP contribution in [0.25, 0.3) is 0 Å². The van der Waals surface area contributed by atoms with Crippen LogP contribution >= 0.6 is 0 Å². The maximum absolute atomic E-state index is 13.2. The zero-order chi connectivity index (χ0) is 47.4. The van der Waals surface area contributed by atoms with Crippen LogP contribution < -0.4 is 5.32 Å². The molecule has 0 aliphatic heterocycles. The lowest BCUT2D eigenvalue weighted by Crippen LogP contribution is -2.46. The summed E-state index contributed by atoms with van der Waals surface area (Å²) in [5.41, 5.74) is 0. The third-order valence-electron chi connectivity index (χ3n) is 12.6. The minimum Gasteiger partial charge on any atom is -0.462 e. The molecule has 0 bridgehead atoms. The Morgan fingerprint density at radius 1 is 0.446 bits per heavy atom. The van der Waals surface area contributed by atoms with Gasteiger partial charge in [0.2, 0.25) is 5.91 Å². The van der Waals surface area contributed by atoms with Gasteiger partial charge in [0, 0.05) is 6.42 Å². The van der Waals surface area contributed by atoms with Crippen LogP contribution in [0.4, 0.5) is 0 Å². The summed E-state index contributed by atoms with van der Waals surface area (Å²) in [6.07, 6.45) is 65.6. The fourth-order valence-corrected chi connectivity index (χ4v) is 8.29. The van der Waals surface area contributed by atoms with E-state index in [-0.39, 0.29) is 24.9 Å². The SMILES string of the molecule is CCCCC/C=C\C/C=C\C/C=C\C/C=C\CCCCCC(=O)OC(CCCCCCC/C=C/CCCCCCCC)CC(=O)NC(CO)C(O)CCCCCCCCCCCCCC. The van der Waals surface area contributed by atoms with Gasteiger partial charge in [-0.2, -0.15) is 0 Å². The number of allylic oxidation sites excluding steroid dienone is 10. The number of hydrogen-bond acceptors (Lipinski definition) is 5. The molecule has 6 nitrogen and oxygen atoms in total. The van der Waals surface area contributed by atoms with E-state index in [2.05, 4.69) is 86.8 Å². The number of carbonyl (C=O) groups excluding carboxylic acids is 2. The van der Waals surface area contributed by atoms with Crippen LogP contribution in [0.3, 0.4) is 0 Å². The average molecular weight is 911 g/mol. The van der Waals surface area contributed by atoms with Gasteiger partial charge in [-0.05, 0) is 96.3 Å². The molecule has 6 heteroatoms. The lowest BCUT2D eigenvalue weighted by atomic mass is 10.0. The molecule has 0 rings (SSSR count). The quantitative estimate of drug-likeness (QED) is 0.0321. The fraction of sp³-hybridized carbons (Fsp3) is 0.797. The lowest BCUT2D eigenvalue weighted by Gasteiger charge is -2.24. The molecule has 0 saturated heterocycles. The average Bonchev–Trinajstić information content (AvgIpc) is 3.30. The second kappa shape index (κ2) is 52.5. The van der Waals surface area contributed by atoms with Gasteiger partial charge >= 0.3 is 5.97 Å². The summed E-state index contributed by atoms with van der Waals surface area (Å²) in [6.45, 7) is 6.45. The van der Waals surface area contributed by atoms with Gasteiger partial charge < -0.3 is 20.3 Å². The van der Waals surface area contributed by atoms with Crippen molar-refractivity contribution < 1.29 is 24.5 Å². The topological polar surface area (TPSA) is 95.9 Å². The van der Waals surface area contributed by atoms with Crippen molar-refractivity contribution in [1.82, 2.24) is 5.32 Å². The summed E-state index contributed by atoms with van der Waals surface area (Å²) in [7, 11) is 0. The summed E-state index contributed by atoms with van der Waals surface area (Å²) in [4.78, 5) is 26.2. The van der Waals surface area contributed by atoms with Crippen LogP contribution in [0.2, 0.25) is 0 Å². The smallest absolute Gasteiger partial charge is 0.306 e. The minimum absolute atomic E-state index is 0.0586. The van der Waals surface area contributed by atoms with E-state index in [1.165, 1.54) is 141 Å². The maximum Gasteiger partial charge on any atom is 0.306 e. The summed E-state index contributed by atoms with van der Waals surface area (Å²) in [5, 5.41) is 23.8. The van der Waals surface area contributed by atoms with Crippen molar-refractivity contribution in [3.05, 3.63) is 60.8 Å². The Morgan fingerprint density at radius 3 is 1.23 bits per heavy atom. The predicted molar refractivity (Wildman–Crippen MR) is 282 cm³/mol. The number of nitrogens with one attached hydrogen (secondary N) is 1. The zero-order valence-electron chi connectivity index (χ0n) is 43.1. The van der Waals surface area contributed by atoms with Crippen LogP contribution in [0.5, 0.6) is 0 Å².